The highest BCUT2D eigenvalue weighted by Gasteiger charge is 2.40. The lowest BCUT2D eigenvalue weighted by atomic mass is 9.89. The van der Waals surface area contributed by atoms with Gasteiger partial charge in [-0.3, -0.25) is 9.48 Å². The number of nitrogens with zero attached hydrogens (tertiary/aromatic N) is 4. The minimum Gasteiger partial charge on any atom is -0.477 e. The van der Waals surface area contributed by atoms with Gasteiger partial charge in [0.1, 0.15) is 11.3 Å². The fourth-order valence-electron chi connectivity index (χ4n) is 4.11. The molecule has 3 aromatic rings. The third-order valence-corrected chi connectivity index (χ3v) is 6.28. The van der Waals surface area contributed by atoms with E-state index in [9.17, 15) is 4.79 Å². The first-order valence-electron chi connectivity index (χ1n) is 11.4. The van der Waals surface area contributed by atoms with Gasteiger partial charge in [-0.05, 0) is 37.3 Å². The summed E-state index contributed by atoms with van der Waals surface area (Å²) >= 11 is 0. The zero-order valence-corrected chi connectivity index (χ0v) is 18.9. The Balaban J connectivity index is 1.87. The number of hydrogen-bond donors (Lipinski definition) is 2. The second-order valence-electron chi connectivity index (χ2n) is 8.26. The first-order chi connectivity index (χ1) is 15.1. The van der Waals surface area contributed by atoms with E-state index in [1.165, 1.54) is 0 Å². The highest BCUT2D eigenvalue weighted by Crippen LogP contribution is 2.31. The molecule has 0 radical (unpaired) electrons. The van der Waals surface area contributed by atoms with E-state index in [-0.39, 0.29) is 11.1 Å². The first-order valence-corrected chi connectivity index (χ1v) is 11.4. The van der Waals surface area contributed by atoms with Gasteiger partial charge in [-0.25, -0.2) is 9.97 Å². The van der Waals surface area contributed by atoms with Crippen molar-refractivity contribution < 1.29 is 4.74 Å². The van der Waals surface area contributed by atoms with Crippen molar-refractivity contribution in [3.05, 3.63) is 33.9 Å². The maximum absolute atomic E-state index is 13.1. The van der Waals surface area contributed by atoms with Crippen LogP contribution in [0.25, 0.3) is 22.4 Å². The second-order valence-corrected chi connectivity index (χ2v) is 8.26. The van der Waals surface area contributed by atoms with Crippen LogP contribution in [0, 0.1) is 0 Å². The van der Waals surface area contributed by atoms with Crippen LogP contribution in [-0.2, 0) is 18.4 Å². The summed E-state index contributed by atoms with van der Waals surface area (Å²) in [5.74, 6) is 0.991. The van der Waals surface area contributed by atoms with Gasteiger partial charge in [0, 0.05) is 19.3 Å². The predicted molar refractivity (Wildman–Crippen MR) is 122 cm³/mol. The lowest BCUT2D eigenvalue weighted by Gasteiger charge is -2.43. The molecule has 0 bridgehead atoms. The molecule has 4 rings (SSSR count). The monoisotopic (exact) mass is 424 g/mol. The van der Waals surface area contributed by atoms with E-state index < -0.39 is 0 Å². The molecule has 0 saturated carbocycles. The Labute approximate surface area is 182 Å². The number of aryl methyl sites for hydroxylation is 2. The van der Waals surface area contributed by atoms with Crippen molar-refractivity contribution in [3.63, 3.8) is 0 Å². The molecular formula is C23H32N6O2. The molecule has 4 heterocycles. The maximum Gasteiger partial charge on any atom is 0.279 e. The first kappa shape index (κ1) is 21.5. The third-order valence-electron chi connectivity index (χ3n) is 6.28. The Morgan fingerprint density at radius 1 is 1.16 bits per heavy atom. The second kappa shape index (κ2) is 8.78. The molecule has 0 atom stereocenters. The smallest absolute Gasteiger partial charge is 0.279 e. The Kier molecular flexibility index (Phi) is 6.09. The molecule has 1 fully saturated rings. The molecular weight excluding hydrogens is 392 g/mol. The molecule has 3 aromatic heterocycles. The number of nitrogens with one attached hydrogen (secondary N) is 2. The lowest BCUT2D eigenvalue weighted by Crippen LogP contribution is -2.61. The number of rotatable bonds is 9. The van der Waals surface area contributed by atoms with Gasteiger partial charge < -0.3 is 15.0 Å². The van der Waals surface area contributed by atoms with Gasteiger partial charge in [-0.1, -0.05) is 34.1 Å². The molecule has 1 saturated heterocycles. The normalized spacial score (nSPS) is 15.2. The van der Waals surface area contributed by atoms with E-state index in [1.807, 2.05) is 16.9 Å². The number of aromatic nitrogens is 5. The highest BCUT2D eigenvalue weighted by molar-refractivity contribution is 5.79. The fourth-order valence-corrected chi connectivity index (χ4v) is 4.11. The van der Waals surface area contributed by atoms with Gasteiger partial charge in [0.2, 0.25) is 5.88 Å². The van der Waals surface area contributed by atoms with E-state index in [2.05, 4.69) is 43.0 Å². The predicted octanol–water partition coefficient (Wildman–Crippen LogP) is 3.19. The van der Waals surface area contributed by atoms with Crippen LogP contribution < -0.4 is 15.6 Å². The summed E-state index contributed by atoms with van der Waals surface area (Å²) in [5.41, 5.74) is 3.54. The maximum atomic E-state index is 13.1. The van der Waals surface area contributed by atoms with E-state index in [4.69, 9.17) is 14.8 Å². The number of H-pyrrole nitrogens is 1. The van der Waals surface area contributed by atoms with Gasteiger partial charge >= 0.3 is 0 Å². The summed E-state index contributed by atoms with van der Waals surface area (Å²) in [6.45, 7) is 10.7. The summed E-state index contributed by atoms with van der Waals surface area (Å²) in [6, 6.07) is 2.01. The molecule has 1 aliphatic rings. The standard InChI is InChI=1S/C23H32N6O2/c1-5-9-10-31-22-16(11-15(6-2)12-25-22)20-26-18-17(7-3)29(23(8-4)13-24-14-23)28-19(18)21(30)27-20/h11-12,24H,5-10,13-14H2,1-4H3,(H,26,27,30). The Morgan fingerprint density at radius 2 is 1.97 bits per heavy atom. The number of pyridine rings is 1. The van der Waals surface area contributed by atoms with Crippen molar-refractivity contribution >= 4 is 11.0 Å². The van der Waals surface area contributed by atoms with Crippen molar-refractivity contribution in [2.45, 2.75) is 65.3 Å². The lowest BCUT2D eigenvalue weighted by molar-refractivity contribution is 0.145. The minimum atomic E-state index is -0.228. The quantitative estimate of drug-likeness (QED) is 0.512. The van der Waals surface area contributed by atoms with Gasteiger partial charge in [0.05, 0.1) is 23.4 Å². The average Bonchev–Trinajstić information content (AvgIpc) is 3.13. The molecule has 0 amide bonds. The molecule has 31 heavy (non-hydrogen) atoms. The van der Waals surface area contributed by atoms with E-state index >= 15 is 0 Å². The molecule has 0 unspecified atom stereocenters. The Bertz CT molecular complexity index is 1120. The number of unbranched alkanes of at least 4 members (excludes halogenated alkanes) is 1. The molecule has 0 aliphatic carbocycles. The largest absolute Gasteiger partial charge is 0.477 e. The van der Waals surface area contributed by atoms with Gasteiger partial charge in [0.25, 0.3) is 5.56 Å². The Hall–Kier alpha value is -2.74. The fraction of sp³-hybridized carbons (Fsp3) is 0.565. The van der Waals surface area contributed by atoms with Crippen LogP contribution in [0.4, 0.5) is 0 Å². The summed E-state index contributed by atoms with van der Waals surface area (Å²) in [7, 11) is 0. The minimum absolute atomic E-state index is 0.0866. The molecule has 2 N–H and O–H groups in total. The van der Waals surface area contributed by atoms with Crippen LogP contribution >= 0.6 is 0 Å². The van der Waals surface area contributed by atoms with Gasteiger partial charge in [0.15, 0.2) is 5.52 Å². The number of ether oxygens (including phenoxy) is 1. The van der Waals surface area contributed by atoms with E-state index in [1.54, 1.807) is 0 Å². The third kappa shape index (κ3) is 3.73. The average molecular weight is 425 g/mol. The van der Waals surface area contributed by atoms with E-state index in [0.29, 0.717) is 29.3 Å². The zero-order valence-electron chi connectivity index (χ0n) is 18.9. The van der Waals surface area contributed by atoms with Crippen molar-refractivity contribution in [1.29, 1.82) is 0 Å². The van der Waals surface area contributed by atoms with Crippen molar-refractivity contribution in [2.75, 3.05) is 19.7 Å². The van der Waals surface area contributed by atoms with Crippen LogP contribution in [0.5, 0.6) is 5.88 Å². The summed E-state index contributed by atoms with van der Waals surface area (Å²) in [4.78, 5) is 25.4. The van der Waals surface area contributed by atoms with Crippen molar-refractivity contribution in [3.8, 4) is 17.3 Å². The van der Waals surface area contributed by atoms with Gasteiger partial charge in [-0.15, -0.1) is 0 Å². The highest BCUT2D eigenvalue weighted by atomic mass is 16.5. The van der Waals surface area contributed by atoms with Crippen LogP contribution in [0.1, 0.15) is 58.2 Å². The number of fused-ring (bicyclic) bond motifs is 1. The molecule has 8 heteroatoms. The van der Waals surface area contributed by atoms with Crippen LogP contribution in [-0.4, -0.2) is 44.4 Å². The summed E-state index contributed by atoms with van der Waals surface area (Å²) < 4.78 is 7.98. The number of hydrogen-bond acceptors (Lipinski definition) is 6. The molecule has 8 nitrogen and oxygen atoms in total. The van der Waals surface area contributed by atoms with Crippen molar-refractivity contribution in [2.24, 2.45) is 0 Å². The zero-order chi connectivity index (χ0) is 22.0. The summed E-state index contributed by atoms with van der Waals surface area (Å²) in [5, 5.41) is 8.07. The van der Waals surface area contributed by atoms with E-state index in [0.717, 1.165) is 62.0 Å². The molecule has 0 aromatic carbocycles. The molecule has 1 aliphatic heterocycles. The number of aromatic amines is 1. The molecule has 166 valence electrons. The van der Waals surface area contributed by atoms with Crippen LogP contribution in [0.15, 0.2) is 17.1 Å². The summed E-state index contributed by atoms with van der Waals surface area (Å²) in [6.07, 6.45) is 6.35. The van der Waals surface area contributed by atoms with Crippen molar-refractivity contribution in [1.82, 2.24) is 30.0 Å². The molecule has 0 spiro atoms. The topological polar surface area (TPSA) is 97.7 Å². The Morgan fingerprint density at radius 3 is 2.58 bits per heavy atom. The SMILES string of the molecule is CCCCOc1ncc(CC)cc1-c1nc2c(CC)n(C3(CC)CNC3)nc2c(=O)[nH]1. The van der Waals surface area contributed by atoms with Gasteiger partial charge in [-0.2, -0.15) is 5.10 Å². The van der Waals surface area contributed by atoms with Crippen LogP contribution in [0.3, 0.4) is 0 Å². The van der Waals surface area contributed by atoms with Crippen LogP contribution in [0.2, 0.25) is 0 Å².